The Balaban J connectivity index is 2.55. The van der Waals surface area contributed by atoms with Crippen LogP contribution in [0.2, 0.25) is 0 Å². The van der Waals surface area contributed by atoms with Crippen molar-refractivity contribution in [3.8, 4) is 0 Å². The molecule has 0 saturated heterocycles. The fourth-order valence-corrected chi connectivity index (χ4v) is 1.61. The minimum Gasteiger partial charge on any atom is -0.396 e. The molecule has 1 heterocycles. The van der Waals surface area contributed by atoms with E-state index in [4.69, 9.17) is 10.8 Å². The maximum Gasteiger partial charge on any atom is 0.329 e. The molecule has 5 N–H and O–H groups in total. The zero-order valence-electron chi connectivity index (χ0n) is 10.5. The number of aromatic amines is 1. The molecule has 0 radical (unpaired) electrons. The molecule has 0 spiro atoms. The second kappa shape index (κ2) is 6.85. The van der Waals surface area contributed by atoms with Crippen molar-refractivity contribution in [1.82, 2.24) is 9.55 Å². The normalized spacial score (nSPS) is 10.6. The summed E-state index contributed by atoms with van der Waals surface area (Å²) in [7, 11) is 1.50. The Morgan fingerprint density at radius 2 is 1.94 bits per heavy atom. The molecule has 0 unspecified atom stereocenters. The van der Waals surface area contributed by atoms with Crippen LogP contribution in [-0.2, 0) is 7.05 Å². The lowest BCUT2D eigenvalue weighted by atomic mass is 10.2. The number of rotatable bonds is 7. The minimum atomic E-state index is -0.522. The molecule has 0 aliphatic carbocycles. The highest BCUT2D eigenvalue weighted by molar-refractivity contribution is 5.60. The zero-order valence-corrected chi connectivity index (χ0v) is 10.5. The number of nitrogens with one attached hydrogen (secondary N) is 2. The fourth-order valence-electron chi connectivity index (χ4n) is 1.61. The van der Waals surface area contributed by atoms with Crippen molar-refractivity contribution < 1.29 is 5.11 Å². The van der Waals surface area contributed by atoms with Gasteiger partial charge in [-0.1, -0.05) is 12.8 Å². The van der Waals surface area contributed by atoms with E-state index < -0.39 is 11.2 Å². The van der Waals surface area contributed by atoms with Crippen molar-refractivity contribution in [2.24, 2.45) is 7.05 Å². The summed E-state index contributed by atoms with van der Waals surface area (Å²) in [4.78, 5) is 25.0. The Kier molecular flexibility index (Phi) is 5.44. The molecule has 7 heteroatoms. The summed E-state index contributed by atoms with van der Waals surface area (Å²) in [5.41, 5.74) is 4.91. The van der Waals surface area contributed by atoms with E-state index in [1.807, 2.05) is 0 Å². The molecule has 1 aromatic rings. The number of aromatic nitrogens is 2. The number of aliphatic hydroxyl groups excluding tert-OH is 1. The second-order valence-electron chi connectivity index (χ2n) is 4.14. The van der Waals surface area contributed by atoms with Crippen LogP contribution in [-0.4, -0.2) is 27.8 Å². The average Bonchev–Trinajstić information content (AvgIpc) is 2.34. The van der Waals surface area contributed by atoms with Crippen LogP contribution in [0.4, 0.5) is 11.5 Å². The largest absolute Gasteiger partial charge is 0.396 e. The SMILES string of the molecule is Cn1c(N)c(NCCCCCCO)c(=O)[nH]c1=O. The Morgan fingerprint density at radius 1 is 1.28 bits per heavy atom. The van der Waals surface area contributed by atoms with Gasteiger partial charge in [-0.3, -0.25) is 14.3 Å². The first-order chi connectivity index (χ1) is 8.57. The van der Waals surface area contributed by atoms with Crippen molar-refractivity contribution in [3.63, 3.8) is 0 Å². The van der Waals surface area contributed by atoms with E-state index in [-0.39, 0.29) is 18.1 Å². The van der Waals surface area contributed by atoms with E-state index in [0.29, 0.717) is 6.54 Å². The van der Waals surface area contributed by atoms with Gasteiger partial charge >= 0.3 is 5.69 Å². The van der Waals surface area contributed by atoms with Crippen LogP contribution < -0.4 is 22.3 Å². The van der Waals surface area contributed by atoms with Crippen LogP contribution in [0.15, 0.2) is 9.59 Å². The summed E-state index contributed by atoms with van der Waals surface area (Å²) in [6, 6.07) is 0. The van der Waals surface area contributed by atoms with Crippen molar-refractivity contribution in [2.75, 3.05) is 24.2 Å². The zero-order chi connectivity index (χ0) is 13.5. The predicted octanol–water partition coefficient (Wildman–Crippen LogP) is -0.380. The number of H-pyrrole nitrogens is 1. The number of nitrogens with zero attached hydrogens (tertiary/aromatic N) is 1. The third-order valence-electron chi connectivity index (χ3n) is 2.76. The molecule has 0 aromatic carbocycles. The van der Waals surface area contributed by atoms with Gasteiger partial charge in [0.05, 0.1) is 0 Å². The summed E-state index contributed by atoms with van der Waals surface area (Å²) in [5, 5.41) is 11.6. The average molecular weight is 256 g/mol. The van der Waals surface area contributed by atoms with Crippen molar-refractivity contribution >= 4 is 11.5 Å². The van der Waals surface area contributed by atoms with Gasteiger partial charge in [0.1, 0.15) is 11.5 Å². The minimum absolute atomic E-state index is 0.138. The van der Waals surface area contributed by atoms with Gasteiger partial charge in [0, 0.05) is 20.2 Å². The number of unbranched alkanes of at least 4 members (excludes halogenated alkanes) is 3. The number of hydrogen-bond acceptors (Lipinski definition) is 5. The summed E-state index contributed by atoms with van der Waals surface area (Å²) < 4.78 is 1.19. The monoisotopic (exact) mass is 256 g/mol. The molecular formula is C11H20N4O3. The molecule has 0 amide bonds. The molecular weight excluding hydrogens is 236 g/mol. The van der Waals surface area contributed by atoms with E-state index in [2.05, 4.69) is 10.3 Å². The Morgan fingerprint density at radius 3 is 2.61 bits per heavy atom. The lowest BCUT2D eigenvalue weighted by molar-refractivity contribution is 0.283. The second-order valence-corrected chi connectivity index (χ2v) is 4.14. The molecule has 0 saturated carbocycles. The van der Waals surface area contributed by atoms with Crippen LogP contribution in [0.5, 0.6) is 0 Å². The maximum absolute atomic E-state index is 11.5. The van der Waals surface area contributed by atoms with E-state index in [1.54, 1.807) is 0 Å². The highest BCUT2D eigenvalue weighted by Crippen LogP contribution is 2.08. The fraction of sp³-hybridized carbons (Fsp3) is 0.636. The van der Waals surface area contributed by atoms with Gasteiger partial charge < -0.3 is 16.2 Å². The van der Waals surface area contributed by atoms with Crippen molar-refractivity contribution in [2.45, 2.75) is 25.7 Å². The lowest BCUT2D eigenvalue weighted by Crippen LogP contribution is -2.32. The summed E-state index contributed by atoms with van der Waals surface area (Å²) in [6.07, 6.45) is 3.60. The van der Waals surface area contributed by atoms with Gasteiger partial charge in [0.2, 0.25) is 0 Å². The molecule has 0 aliphatic heterocycles. The van der Waals surface area contributed by atoms with Crippen LogP contribution in [0.1, 0.15) is 25.7 Å². The van der Waals surface area contributed by atoms with Gasteiger partial charge in [0.25, 0.3) is 5.56 Å². The van der Waals surface area contributed by atoms with Gasteiger partial charge in [-0.25, -0.2) is 4.79 Å². The molecule has 18 heavy (non-hydrogen) atoms. The molecule has 1 rings (SSSR count). The number of aliphatic hydroxyl groups is 1. The molecule has 0 aliphatic rings. The van der Waals surface area contributed by atoms with E-state index in [9.17, 15) is 9.59 Å². The maximum atomic E-state index is 11.5. The number of hydrogen-bond donors (Lipinski definition) is 4. The van der Waals surface area contributed by atoms with Gasteiger partial charge in [-0.2, -0.15) is 0 Å². The van der Waals surface area contributed by atoms with E-state index in [0.717, 1.165) is 25.7 Å². The standard InChI is InChI=1S/C11H20N4O3/c1-15-9(12)8(10(17)14-11(15)18)13-6-4-2-3-5-7-16/h13,16H,2-7,12H2,1H3,(H,14,17,18). The predicted molar refractivity (Wildman–Crippen MR) is 70.8 cm³/mol. The number of nitrogen functional groups attached to an aromatic ring is 1. The van der Waals surface area contributed by atoms with Crippen LogP contribution in [0, 0.1) is 0 Å². The molecule has 1 aromatic heterocycles. The molecule has 0 atom stereocenters. The Hall–Kier alpha value is -1.76. The third-order valence-corrected chi connectivity index (χ3v) is 2.76. The van der Waals surface area contributed by atoms with Gasteiger partial charge in [-0.05, 0) is 12.8 Å². The van der Waals surface area contributed by atoms with Crippen LogP contribution in [0.3, 0.4) is 0 Å². The topological polar surface area (TPSA) is 113 Å². The van der Waals surface area contributed by atoms with Gasteiger partial charge in [-0.15, -0.1) is 0 Å². The summed E-state index contributed by atoms with van der Waals surface area (Å²) in [6.45, 7) is 0.817. The van der Waals surface area contributed by atoms with E-state index in [1.165, 1.54) is 11.6 Å². The van der Waals surface area contributed by atoms with Crippen molar-refractivity contribution in [3.05, 3.63) is 20.8 Å². The van der Waals surface area contributed by atoms with Crippen LogP contribution >= 0.6 is 0 Å². The quantitative estimate of drug-likeness (QED) is 0.497. The molecule has 0 fully saturated rings. The molecule has 0 bridgehead atoms. The summed E-state index contributed by atoms with van der Waals surface area (Å²) >= 11 is 0. The Labute approximate surface area is 105 Å². The van der Waals surface area contributed by atoms with Crippen LogP contribution in [0.25, 0.3) is 0 Å². The molecule has 102 valence electrons. The third kappa shape index (κ3) is 3.63. The highest BCUT2D eigenvalue weighted by atomic mass is 16.3. The number of nitrogens with two attached hydrogens (primary N) is 1. The summed E-state index contributed by atoms with van der Waals surface area (Å²) in [5.74, 6) is 0.138. The van der Waals surface area contributed by atoms with Gasteiger partial charge in [0.15, 0.2) is 0 Å². The molecule has 7 nitrogen and oxygen atoms in total. The Bertz CT molecular complexity index is 492. The first-order valence-electron chi connectivity index (χ1n) is 6.01. The number of anilines is 2. The highest BCUT2D eigenvalue weighted by Gasteiger charge is 2.08. The smallest absolute Gasteiger partial charge is 0.329 e. The van der Waals surface area contributed by atoms with Crippen molar-refractivity contribution in [1.29, 1.82) is 0 Å². The first kappa shape index (κ1) is 14.3. The van der Waals surface area contributed by atoms with E-state index >= 15 is 0 Å². The first-order valence-corrected chi connectivity index (χ1v) is 6.01. The lowest BCUT2D eigenvalue weighted by Gasteiger charge is -2.10.